The zero-order valence-corrected chi connectivity index (χ0v) is 18.6. The van der Waals surface area contributed by atoms with E-state index in [-0.39, 0.29) is 30.0 Å². The van der Waals surface area contributed by atoms with Crippen LogP contribution in [0, 0.1) is 0 Å². The largest absolute Gasteiger partial charge is 0.379 e. The van der Waals surface area contributed by atoms with Crippen molar-refractivity contribution in [2.75, 3.05) is 65.9 Å². The Balaban J connectivity index is 1.77. The van der Waals surface area contributed by atoms with Gasteiger partial charge in [0.25, 0.3) is 11.8 Å². The molecule has 32 heavy (non-hydrogen) atoms. The fraction of sp³-hybridized carbons (Fsp3) is 0.714. The number of primary amides is 1. The number of unbranched alkanes of at least 4 members (excludes halogenated alkanes) is 2. The second kappa shape index (κ2) is 18.3. The topological polar surface area (TPSA) is 146 Å². The fourth-order valence-electron chi connectivity index (χ4n) is 2.67. The van der Waals surface area contributed by atoms with E-state index in [1.807, 2.05) is 0 Å². The van der Waals surface area contributed by atoms with Crippen molar-refractivity contribution in [3.05, 3.63) is 12.2 Å². The number of nitrogens with zero attached hydrogens (tertiary/aromatic N) is 1. The first kappa shape index (κ1) is 27.7. The van der Waals surface area contributed by atoms with E-state index >= 15 is 0 Å². The number of carbonyl (C=O) groups excluding carboxylic acids is 4. The molecule has 0 atom stereocenters. The molecule has 0 saturated carbocycles. The van der Waals surface area contributed by atoms with Crippen LogP contribution >= 0.6 is 0 Å². The summed E-state index contributed by atoms with van der Waals surface area (Å²) in [6.45, 7) is 4.10. The minimum Gasteiger partial charge on any atom is -0.379 e. The van der Waals surface area contributed by atoms with Gasteiger partial charge in [0.15, 0.2) is 0 Å². The molecule has 0 aromatic carbocycles. The summed E-state index contributed by atoms with van der Waals surface area (Å²) in [5.74, 6) is -0.976. The smallest absolute Gasteiger partial charge is 0.253 e. The summed E-state index contributed by atoms with van der Waals surface area (Å²) in [4.78, 5) is 46.3. The molecular formula is C21H35N3O8. The van der Waals surface area contributed by atoms with Crippen LogP contribution < -0.4 is 11.1 Å². The van der Waals surface area contributed by atoms with E-state index in [9.17, 15) is 19.2 Å². The monoisotopic (exact) mass is 457 g/mol. The summed E-state index contributed by atoms with van der Waals surface area (Å²) in [7, 11) is 0. The van der Waals surface area contributed by atoms with Gasteiger partial charge < -0.3 is 30.0 Å². The van der Waals surface area contributed by atoms with Gasteiger partial charge in [0.2, 0.25) is 11.8 Å². The number of amides is 4. The third-order valence-corrected chi connectivity index (χ3v) is 4.36. The molecule has 1 heterocycles. The van der Waals surface area contributed by atoms with E-state index in [0.717, 1.165) is 6.42 Å². The zero-order chi connectivity index (χ0) is 23.4. The summed E-state index contributed by atoms with van der Waals surface area (Å²) >= 11 is 0. The maximum Gasteiger partial charge on any atom is 0.253 e. The van der Waals surface area contributed by atoms with Gasteiger partial charge in [-0.25, -0.2) is 0 Å². The van der Waals surface area contributed by atoms with Crippen LogP contribution in [-0.4, -0.2) is 94.5 Å². The van der Waals surface area contributed by atoms with Gasteiger partial charge in [-0.3, -0.25) is 24.1 Å². The number of ether oxygens (including phenoxy) is 4. The van der Waals surface area contributed by atoms with E-state index in [1.165, 1.54) is 17.1 Å². The Morgan fingerprint density at radius 3 is 1.84 bits per heavy atom. The lowest BCUT2D eigenvalue weighted by Gasteiger charge is -2.13. The lowest BCUT2D eigenvalue weighted by Crippen LogP contribution is -2.31. The normalized spacial score (nSPS) is 13.2. The number of nitrogens with two attached hydrogens (primary N) is 1. The van der Waals surface area contributed by atoms with Crippen LogP contribution in [0.2, 0.25) is 0 Å². The standard InChI is InChI=1S/C21H35N3O8/c22-18(25)7-10-29-12-14-31-16-17-32-15-13-30-11-8-23-19(26)4-2-1-3-9-24-20(27)5-6-21(24)28/h5-6H,1-4,7-17H2,(H2,22,25)(H,23,26). The van der Waals surface area contributed by atoms with Crippen molar-refractivity contribution >= 4 is 23.6 Å². The lowest BCUT2D eigenvalue weighted by molar-refractivity contribution is -0.137. The lowest BCUT2D eigenvalue weighted by atomic mass is 10.2. The Hall–Kier alpha value is -2.34. The Bertz CT molecular complexity index is 594. The zero-order valence-electron chi connectivity index (χ0n) is 18.6. The van der Waals surface area contributed by atoms with Crippen molar-refractivity contribution in [3.8, 4) is 0 Å². The van der Waals surface area contributed by atoms with E-state index in [0.29, 0.717) is 85.2 Å². The van der Waals surface area contributed by atoms with Crippen molar-refractivity contribution in [2.45, 2.75) is 32.1 Å². The summed E-state index contributed by atoms with van der Waals surface area (Å²) in [6.07, 6.45) is 5.31. The number of hydrogen-bond acceptors (Lipinski definition) is 8. The number of nitrogens with one attached hydrogen (secondary N) is 1. The van der Waals surface area contributed by atoms with Gasteiger partial charge in [-0.1, -0.05) is 6.42 Å². The molecule has 182 valence electrons. The quantitative estimate of drug-likeness (QED) is 0.174. The molecule has 0 aliphatic carbocycles. The minimum atomic E-state index is -0.387. The van der Waals surface area contributed by atoms with Crippen LogP contribution in [0.4, 0.5) is 0 Å². The Labute approximate surface area is 188 Å². The fourth-order valence-corrected chi connectivity index (χ4v) is 2.67. The molecule has 0 aromatic heterocycles. The Morgan fingerprint density at radius 1 is 0.750 bits per heavy atom. The Morgan fingerprint density at radius 2 is 1.28 bits per heavy atom. The molecule has 0 fully saturated rings. The first-order valence-electron chi connectivity index (χ1n) is 10.9. The molecule has 0 spiro atoms. The first-order chi connectivity index (χ1) is 15.5. The summed E-state index contributed by atoms with van der Waals surface area (Å²) < 4.78 is 21.2. The first-order valence-corrected chi connectivity index (χ1v) is 10.9. The maximum atomic E-state index is 11.8. The van der Waals surface area contributed by atoms with Gasteiger partial charge in [-0.2, -0.15) is 0 Å². The molecule has 1 aliphatic rings. The second-order valence-corrected chi connectivity index (χ2v) is 6.99. The van der Waals surface area contributed by atoms with Crippen molar-refractivity contribution in [2.24, 2.45) is 5.73 Å². The molecule has 1 aliphatic heterocycles. The number of carbonyl (C=O) groups is 4. The van der Waals surface area contributed by atoms with Gasteiger partial charge in [0.1, 0.15) is 0 Å². The SMILES string of the molecule is NC(=O)CCOCCOCCOCCOCCNC(=O)CCCCCN1C(=O)C=CC1=O. The number of imide groups is 1. The van der Waals surface area contributed by atoms with E-state index < -0.39 is 0 Å². The van der Waals surface area contributed by atoms with Crippen molar-refractivity contribution in [3.63, 3.8) is 0 Å². The third kappa shape index (κ3) is 14.6. The highest BCUT2D eigenvalue weighted by molar-refractivity contribution is 6.12. The van der Waals surface area contributed by atoms with Crippen molar-refractivity contribution in [1.29, 1.82) is 0 Å². The third-order valence-electron chi connectivity index (χ3n) is 4.36. The minimum absolute atomic E-state index is 0.0457. The molecule has 0 bridgehead atoms. The molecule has 1 rings (SSSR count). The molecule has 0 radical (unpaired) electrons. The van der Waals surface area contributed by atoms with Gasteiger partial charge >= 0.3 is 0 Å². The average Bonchev–Trinajstić information content (AvgIpc) is 3.08. The van der Waals surface area contributed by atoms with E-state index in [4.69, 9.17) is 24.7 Å². The van der Waals surface area contributed by atoms with Crippen LogP contribution in [0.3, 0.4) is 0 Å². The summed E-state index contributed by atoms with van der Waals surface area (Å²) in [5, 5.41) is 2.78. The van der Waals surface area contributed by atoms with Crippen LogP contribution in [0.5, 0.6) is 0 Å². The second-order valence-electron chi connectivity index (χ2n) is 6.99. The molecule has 4 amide bonds. The number of hydrogen-bond donors (Lipinski definition) is 2. The predicted molar refractivity (Wildman–Crippen MR) is 114 cm³/mol. The molecule has 0 aromatic rings. The Kier molecular flexibility index (Phi) is 15.8. The van der Waals surface area contributed by atoms with Gasteiger partial charge in [-0.05, 0) is 12.8 Å². The van der Waals surface area contributed by atoms with Gasteiger partial charge in [0, 0.05) is 38.1 Å². The van der Waals surface area contributed by atoms with E-state index in [1.54, 1.807) is 0 Å². The maximum absolute atomic E-state index is 11.8. The highest BCUT2D eigenvalue weighted by atomic mass is 16.6. The molecule has 0 unspecified atom stereocenters. The molecule has 11 heteroatoms. The van der Waals surface area contributed by atoms with Crippen molar-refractivity contribution in [1.82, 2.24) is 10.2 Å². The average molecular weight is 458 g/mol. The van der Waals surface area contributed by atoms with Crippen LogP contribution in [-0.2, 0) is 38.1 Å². The van der Waals surface area contributed by atoms with E-state index in [2.05, 4.69) is 5.32 Å². The van der Waals surface area contributed by atoms with Crippen LogP contribution in [0.15, 0.2) is 12.2 Å². The molecule has 3 N–H and O–H groups in total. The molecule has 11 nitrogen and oxygen atoms in total. The van der Waals surface area contributed by atoms with Crippen molar-refractivity contribution < 1.29 is 38.1 Å². The highest BCUT2D eigenvalue weighted by Crippen LogP contribution is 2.07. The number of rotatable bonds is 21. The van der Waals surface area contributed by atoms with Gasteiger partial charge in [-0.15, -0.1) is 0 Å². The molecule has 0 saturated heterocycles. The van der Waals surface area contributed by atoms with Gasteiger partial charge in [0.05, 0.1) is 52.9 Å². The molecular weight excluding hydrogens is 422 g/mol. The summed E-state index contributed by atoms with van der Waals surface area (Å²) in [6, 6.07) is 0. The predicted octanol–water partition coefficient (Wildman–Crippen LogP) is -0.470. The van der Waals surface area contributed by atoms with Crippen LogP contribution in [0.25, 0.3) is 0 Å². The highest BCUT2D eigenvalue weighted by Gasteiger charge is 2.22. The van der Waals surface area contributed by atoms with Crippen LogP contribution in [0.1, 0.15) is 32.1 Å². The summed E-state index contributed by atoms with van der Waals surface area (Å²) in [5.41, 5.74) is 4.99.